The molecule has 0 aliphatic carbocycles. The Morgan fingerprint density at radius 3 is 2.83 bits per heavy atom. The summed E-state index contributed by atoms with van der Waals surface area (Å²) in [5.74, 6) is 0.901. The molecule has 0 spiro atoms. The molecule has 0 amide bonds. The summed E-state index contributed by atoms with van der Waals surface area (Å²) in [6.45, 7) is 4.50. The predicted octanol–water partition coefficient (Wildman–Crippen LogP) is 2.95. The Hall–Kier alpha value is -0.770. The van der Waals surface area contributed by atoms with Crippen molar-refractivity contribution in [3.05, 3.63) is 28.8 Å². The van der Waals surface area contributed by atoms with Crippen LogP contribution in [0.15, 0.2) is 18.2 Å². The van der Waals surface area contributed by atoms with Crippen LogP contribution in [0.2, 0.25) is 5.02 Å². The first-order valence-electron chi connectivity index (χ1n) is 6.46. The summed E-state index contributed by atoms with van der Waals surface area (Å²) in [4.78, 5) is 0. The van der Waals surface area contributed by atoms with E-state index in [0.29, 0.717) is 23.5 Å². The van der Waals surface area contributed by atoms with Crippen LogP contribution in [0.4, 0.5) is 0 Å². The van der Waals surface area contributed by atoms with Crippen molar-refractivity contribution < 1.29 is 9.84 Å². The number of aromatic hydroxyl groups is 1. The third kappa shape index (κ3) is 3.37. The molecule has 1 atom stereocenters. The van der Waals surface area contributed by atoms with Crippen molar-refractivity contribution >= 4 is 11.6 Å². The summed E-state index contributed by atoms with van der Waals surface area (Å²) in [5.41, 5.74) is 0.776. The fourth-order valence-corrected chi connectivity index (χ4v) is 2.60. The number of nitrogens with one attached hydrogen (secondary N) is 1. The Kier molecular flexibility index (Phi) is 4.87. The zero-order valence-electron chi connectivity index (χ0n) is 10.7. The smallest absolute Gasteiger partial charge is 0.121 e. The average Bonchev–Trinajstić information content (AvgIpc) is 2.39. The second kappa shape index (κ2) is 6.41. The highest BCUT2D eigenvalue weighted by atomic mass is 35.5. The highest BCUT2D eigenvalue weighted by Gasteiger charge is 2.20. The second-order valence-electron chi connectivity index (χ2n) is 4.86. The number of hydrogen-bond donors (Lipinski definition) is 2. The SMILES string of the molecule is CC(NCc1c(O)cccc1Cl)C1CCOCC1. The van der Waals surface area contributed by atoms with Crippen LogP contribution in [0, 0.1) is 5.92 Å². The summed E-state index contributed by atoms with van der Waals surface area (Å²) in [7, 11) is 0. The lowest BCUT2D eigenvalue weighted by molar-refractivity contribution is 0.0557. The predicted molar refractivity (Wildman–Crippen MR) is 73.0 cm³/mol. The van der Waals surface area contributed by atoms with Crippen molar-refractivity contribution in [3.8, 4) is 5.75 Å². The van der Waals surface area contributed by atoms with Gasteiger partial charge in [-0.2, -0.15) is 0 Å². The molecule has 1 fully saturated rings. The van der Waals surface area contributed by atoms with Crippen molar-refractivity contribution in [1.29, 1.82) is 0 Å². The Bertz CT molecular complexity index is 371. The highest BCUT2D eigenvalue weighted by molar-refractivity contribution is 6.31. The van der Waals surface area contributed by atoms with E-state index >= 15 is 0 Å². The van der Waals surface area contributed by atoms with E-state index in [0.717, 1.165) is 31.6 Å². The van der Waals surface area contributed by atoms with Crippen molar-refractivity contribution in [2.24, 2.45) is 5.92 Å². The van der Waals surface area contributed by atoms with Gasteiger partial charge in [0.1, 0.15) is 5.75 Å². The molecule has 2 rings (SSSR count). The fraction of sp³-hybridized carbons (Fsp3) is 0.571. The second-order valence-corrected chi connectivity index (χ2v) is 5.26. The maximum atomic E-state index is 9.77. The van der Waals surface area contributed by atoms with E-state index in [2.05, 4.69) is 12.2 Å². The van der Waals surface area contributed by atoms with Gasteiger partial charge in [0.2, 0.25) is 0 Å². The van der Waals surface area contributed by atoms with E-state index in [1.807, 2.05) is 0 Å². The van der Waals surface area contributed by atoms with Gasteiger partial charge in [0, 0.05) is 36.4 Å². The van der Waals surface area contributed by atoms with Crippen LogP contribution in [0.25, 0.3) is 0 Å². The minimum Gasteiger partial charge on any atom is -0.508 e. The third-order valence-corrected chi connectivity index (χ3v) is 4.02. The van der Waals surface area contributed by atoms with Gasteiger partial charge in [-0.05, 0) is 37.8 Å². The molecule has 1 aliphatic rings. The first kappa shape index (κ1) is 13.7. The Morgan fingerprint density at radius 1 is 1.44 bits per heavy atom. The van der Waals surface area contributed by atoms with Crippen LogP contribution in [0.5, 0.6) is 5.75 Å². The van der Waals surface area contributed by atoms with Crippen LogP contribution < -0.4 is 5.32 Å². The van der Waals surface area contributed by atoms with Crippen molar-refractivity contribution in [1.82, 2.24) is 5.32 Å². The zero-order chi connectivity index (χ0) is 13.0. The third-order valence-electron chi connectivity index (χ3n) is 3.67. The summed E-state index contributed by atoms with van der Waals surface area (Å²) in [6, 6.07) is 5.63. The lowest BCUT2D eigenvalue weighted by atomic mass is 9.93. The lowest BCUT2D eigenvalue weighted by Gasteiger charge is -2.28. The number of benzene rings is 1. The molecule has 100 valence electrons. The first-order valence-corrected chi connectivity index (χ1v) is 6.83. The van der Waals surface area contributed by atoms with Crippen molar-refractivity contribution in [3.63, 3.8) is 0 Å². The number of ether oxygens (including phenoxy) is 1. The van der Waals surface area contributed by atoms with Gasteiger partial charge in [-0.3, -0.25) is 0 Å². The summed E-state index contributed by atoms with van der Waals surface area (Å²) >= 11 is 6.08. The molecule has 2 N–H and O–H groups in total. The molecular weight excluding hydrogens is 250 g/mol. The number of phenolic OH excluding ortho intramolecular Hbond substituents is 1. The minimum atomic E-state index is 0.258. The molecule has 0 radical (unpaired) electrons. The van der Waals surface area contributed by atoms with Crippen LogP contribution in [-0.2, 0) is 11.3 Å². The van der Waals surface area contributed by atoms with Gasteiger partial charge in [-0.25, -0.2) is 0 Å². The van der Waals surface area contributed by atoms with Crippen molar-refractivity contribution in [2.45, 2.75) is 32.4 Å². The van der Waals surface area contributed by atoms with E-state index in [-0.39, 0.29) is 5.75 Å². The molecule has 1 heterocycles. The van der Waals surface area contributed by atoms with Crippen LogP contribution >= 0.6 is 11.6 Å². The summed E-state index contributed by atoms with van der Waals surface area (Å²) < 4.78 is 5.36. The van der Waals surface area contributed by atoms with Crippen LogP contribution in [0.3, 0.4) is 0 Å². The van der Waals surface area contributed by atoms with E-state index in [1.165, 1.54) is 0 Å². The standard InChI is InChI=1S/C14H20ClNO2/c1-10(11-5-7-18-8-6-11)16-9-12-13(15)3-2-4-14(12)17/h2-4,10-11,16-17H,5-9H2,1H3. The van der Waals surface area contributed by atoms with Crippen LogP contribution in [-0.4, -0.2) is 24.4 Å². The fourth-order valence-electron chi connectivity index (χ4n) is 2.37. The van der Waals surface area contributed by atoms with Gasteiger partial charge in [-0.15, -0.1) is 0 Å². The lowest BCUT2D eigenvalue weighted by Crippen LogP contribution is -2.36. The van der Waals surface area contributed by atoms with Gasteiger partial charge in [0.05, 0.1) is 0 Å². The average molecular weight is 270 g/mol. The molecule has 1 saturated heterocycles. The largest absolute Gasteiger partial charge is 0.508 e. The number of halogens is 1. The van der Waals surface area contributed by atoms with E-state index in [1.54, 1.807) is 18.2 Å². The van der Waals surface area contributed by atoms with E-state index in [4.69, 9.17) is 16.3 Å². The summed E-state index contributed by atoms with van der Waals surface area (Å²) in [6.07, 6.45) is 2.20. The topological polar surface area (TPSA) is 41.5 Å². The molecule has 1 aromatic rings. The Balaban J connectivity index is 1.90. The molecular formula is C14H20ClNO2. The monoisotopic (exact) mass is 269 g/mol. The summed E-state index contributed by atoms with van der Waals surface area (Å²) in [5, 5.41) is 13.8. The van der Waals surface area contributed by atoms with Crippen LogP contribution in [0.1, 0.15) is 25.3 Å². The van der Waals surface area contributed by atoms with E-state index < -0.39 is 0 Å². The molecule has 0 saturated carbocycles. The van der Waals surface area contributed by atoms with Gasteiger partial charge >= 0.3 is 0 Å². The molecule has 0 bridgehead atoms. The number of rotatable bonds is 4. The molecule has 18 heavy (non-hydrogen) atoms. The minimum absolute atomic E-state index is 0.258. The molecule has 1 unspecified atom stereocenters. The van der Waals surface area contributed by atoms with Gasteiger partial charge in [-0.1, -0.05) is 17.7 Å². The maximum absolute atomic E-state index is 9.77. The van der Waals surface area contributed by atoms with E-state index in [9.17, 15) is 5.11 Å². The van der Waals surface area contributed by atoms with Gasteiger partial charge < -0.3 is 15.2 Å². The van der Waals surface area contributed by atoms with Gasteiger partial charge in [0.25, 0.3) is 0 Å². The maximum Gasteiger partial charge on any atom is 0.121 e. The zero-order valence-corrected chi connectivity index (χ0v) is 11.4. The normalized spacial score (nSPS) is 18.8. The molecule has 4 heteroatoms. The molecule has 3 nitrogen and oxygen atoms in total. The quantitative estimate of drug-likeness (QED) is 0.883. The highest BCUT2D eigenvalue weighted by Crippen LogP contribution is 2.26. The Labute approximate surface area is 113 Å². The van der Waals surface area contributed by atoms with Gasteiger partial charge in [0.15, 0.2) is 0 Å². The number of phenols is 1. The molecule has 1 aliphatic heterocycles. The molecule has 1 aromatic carbocycles. The number of hydrogen-bond acceptors (Lipinski definition) is 3. The van der Waals surface area contributed by atoms with Crippen molar-refractivity contribution in [2.75, 3.05) is 13.2 Å². The first-order chi connectivity index (χ1) is 8.68. The molecule has 0 aromatic heterocycles. The Morgan fingerprint density at radius 2 is 2.17 bits per heavy atom.